The van der Waals surface area contributed by atoms with Gasteiger partial charge in [-0.05, 0) is 31.4 Å². The number of carbonyl (C=O) groups excluding carboxylic acids is 1. The Morgan fingerprint density at radius 3 is 2.41 bits per heavy atom. The third-order valence-electron chi connectivity index (χ3n) is 5.89. The van der Waals surface area contributed by atoms with Gasteiger partial charge in [-0.2, -0.15) is 0 Å². The molecule has 9 nitrogen and oxygen atoms in total. The van der Waals surface area contributed by atoms with E-state index in [1.165, 1.54) is 25.1 Å². The van der Waals surface area contributed by atoms with E-state index < -0.39 is 27.4 Å². The van der Waals surface area contributed by atoms with Crippen LogP contribution in [0.1, 0.15) is 24.0 Å². The first-order valence-electron chi connectivity index (χ1n) is 10.3. The molecule has 32 heavy (non-hydrogen) atoms. The van der Waals surface area contributed by atoms with Crippen LogP contribution in [0, 0.1) is 17.0 Å². The molecule has 0 aromatic heterocycles. The van der Waals surface area contributed by atoms with Crippen LogP contribution in [0.15, 0.2) is 48.5 Å². The predicted octanol–water partition coefficient (Wildman–Crippen LogP) is 2.53. The molecule has 2 aromatic carbocycles. The van der Waals surface area contributed by atoms with E-state index in [1.54, 1.807) is 0 Å². The molecule has 1 aliphatic rings. The van der Waals surface area contributed by atoms with Gasteiger partial charge in [0.1, 0.15) is 6.54 Å². The van der Waals surface area contributed by atoms with E-state index in [-0.39, 0.29) is 22.4 Å². The van der Waals surface area contributed by atoms with Crippen molar-refractivity contribution in [3.63, 3.8) is 0 Å². The normalized spacial score (nSPS) is 15.7. The Morgan fingerprint density at radius 1 is 1.16 bits per heavy atom. The van der Waals surface area contributed by atoms with Crippen molar-refractivity contribution in [1.82, 2.24) is 5.32 Å². The van der Waals surface area contributed by atoms with Gasteiger partial charge in [-0.15, -0.1) is 0 Å². The summed E-state index contributed by atoms with van der Waals surface area (Å²) < 4.78 is 31.3. The van der Waals surface area contributed by atoms with Crippen LogP contribution < -0.4 is 9.62 Å². The molecule has 0 radical (unpaired) electrons. The van der Waals surface area contributed by atoms with E-state index in [0.29, 0.717) is 19.8 Å². The number of carbonyl (C=O) groups is 1. The van der Waals surface area contributed by atoms with E-state index in [2.05, 4.69) is 5.32 Å². The molecule has 0 saturated carbocycles. The lowest BCUT2D eigenvalue weighted by Gasteiger charge is -2.38. The van der Waals surface area contributed by atoms with Gasteiger partial charge in [0, 0.05) is 31.2 Å². The van der Waals surface area contributed by atoms with Crippen LogP contribution in [-0.4, -0.2) is 51.8 Å². The first kappa shape index (κ1) is 23.7. The smallest absolute Gasteiger partial charge is 0.274 e. The zero-order valence-electron chi connectivity index (χ0n) is 18.1. The molecule has 0 spiro atoms. The van der Waals surface area contributed by atoms with Crippen molar-refractivity contribution < 1.29 is 22.9 Å². The van der Waals surface area contributed by atoms with Crippen LogP contribution in [0.5, 0.6) is 0 Å². The lowest BCUT2D eigenvalue weighted by molar-refractivity contribution is -0.385. The van der Waals surface area contributed by atoms with Crippen molar-refractivity contribution in [2.45, 2.75) is 25.2 Å². The minimum absolute atomic E-state index is 0.112. The lowest BCUT2D eigenvalue weighted by atomic mass is 9.74. The lowest BCUT2D eigenvalue weighted by Crippen LogP contribution is -2.48. The van der Waals surface area contributed by atoms with Gasteiger partial charge in [0.2, 0.25) is 15.9 Å². The summed E-state index contributed by atoms with van der Waals surface area (Å²) in [5.74, 6) is -0.483. The highest BCUT2D eigenvalue weighted by Crippen LogP contribution is 2.34. The van der Waals surface area contributed by atoms with Gasteiger partial charge in [-0.1, -0.05) is 36.4 Å². The maximum absolute atomic E-state index is 12.8. The number of nitro groups is 1. The first-order valence-corrected chi connectivity index (χ1v) is 12.1. The number of benzene rings is 2. The number of hydrogen-bond acceptors (Lipinski definition) is 6. The second-order valence-electron chi connectivity index (χ2n) is 7.98. The predicted molar refractivity (Wildman–Crippen MR) is 121 cm³/mol. The number of hydrogen-bond donors (Lipinski definition) is 1. The largest absolute Gasteiger partial charge is 0.381 e. The highest BCUT2D eigenvalue weighted by molar-refractivity contribution is 7.92. The second-order valence-corrected chi connectivity index (χ2v) is 9.89. The number of nitrogens with zero attached hydrogens (tertiary/aromatic N) is 2. The third kappa shape index (κ3) is 5.25. The molecule has 172 valence electrons. The maximum Gasteiger partial charge on any atom is 0.274 e. The van der Waals surface area contributed by atoms with Crippen LogP contribution in [0.25, 0.3) is 0 Å². The van der Waals surface area contributed by atoms with Crippen LogP contribution in [0.4, 0.5) is 11.4 Å². The van der Waals surface area contributed by atoms with Crippen molar-refractivity contribution in [2.75, 3.05) is 36.9 Å². The van der Waals surface area contributed by atoms with E-state index in [1.807, 2.05) is 30.3 Å². The van der Waals surface area contributed by atoms with E-state index in [0.717, 1.165) is 29.0 Å². The quantitative estimate of drug-likeness (QED) is 0.477. The van der Waals surface area contributed by atoms with Crippen molar-refractivity contribution >= 4 is 27.3 Å². The van der Waals surface area contributed by atoms with Gasteiger partial charge < -0.3 is 10.1 Å². The first-order chi connectivity index (χ1) is 15.1. The van der Waals surface area contributed by atoms with Crippen molar-refractivity contribution in [3.8, 4) is 0 Å². The summed E-state index contributed by atoms with van der Waals surface area (Å²) in [4.78, 5) is 23.5. The zero-order valence-corrected chi connectivity index (χ0v) is 18.9. The number of rotatable bonds is 8. The fourth-order valence-electron chi connectivity index (χ4n) is 4.04. The number of sulfonamides is 1. The molecule has 1 saturated heterocycles. The molecular formula is C22H27N3O6S. The Morgan fingerprint density at radius 2 is 1.81 bits per heavy atom. The SMILES string of the molecule is Cc1c(N(CC(=O)NCC2(c3ccccc3)CCOCC2)S(C)(=O)=O)cccc1[N+](=O)[O-]. The monoisotopic (exact) mass is 461 g/mol. The molecule has 0 unspecified atom stereocenters. The highest BCUT2D eigenvalue weighted by Gasteiger charge is 2.35. The van der Waals surface area contributed by atoms with Crippen LogP contribution in [0.2, 0.25) is 0 Å². The summed E-state index contributed by atoms with van der Waals surface area (Å²) >= 11 is 0. The number of ether oxygens (including phenoxy) is 1. The molecule has 1 N–H and O–H groups in total. The molecule has 0 bridgehead atoms. The minimum Gasteiger partial charge on any atom is -0.381 e. The summed E-state index contributed by atoms with van der Waals surface area (Å²) in [5, 5.41) is 14.2. The van der Waals surface area contributed by atoms with Gasteiger partial charge >= 0.3 is 0 Å². The van der Waals surface area contributed by atoms with Crippen molar-refractivity contribution in [2.24, 2.45) is 0 Å². The third-order valence-corrected chi connectivity index (χ3v) is 7.02. The highest BCUT2D eigenvalue weighted by atomic mass is 32.2. The van der Waals surface area contributed by atoms with Crippen LogP contribution in [-0.2, 0) is 25.0 Å². The number of anilines is 1. The van der Waals surface area contributed by atoms with Crippen molar-refractivity contribution in [3.05, 3.63) is 69.8 Å². The molecule has 2 aromatic rings. The number of amides is 1. The minimum atomic E-state index is -3.86. The van der Waals surface area contributed by atoms with Gasteiger partial charge in [0.15, 0.2) is 0 Å². The average molecular weight is 462 g/mol. The fourth-order valence-corrected chi connectivity index (χ4v) is 4.94. The average Bonchev–Trinajstić information content (AvgIpc) is 2.77. The Labute approximate surface area is 187 Å². The summed E-state index contributed by atoms with van der Waals surface area (Å²) in [6.45, 7) is 2.49. The molecule has 1 amide bonds. The summed E-state index contributed by atoms with van der Waals surface area (Å²) in [5.41, 5.74) is 0.883. The van der Waals surface area contributed by atoms with Gasteiger partial charge in [0.25, 0.3) is 5.69 Å². The Balaban J connectivity index is 1.81. The zero-order chi connectivity index (χ0) is 23.4. The van der Waals surface area contributed by atoms with Gasteiger partial charge in [-0.3, -0.25) is 19.2 Å². The molecule has 10 heteroatoms. The Bertz CT molecular complexity index is 1080. The van der Waals surface area contributed by atoms with E-state index in [4.69, 9.17) is 4.74 Å². The molecule has 0 aliphatic carbocycles. The fraction of sp³-hybridized carbons (Fsp3) is 0.409. The summed E-state index contributed by atoms with van der Waals surface area (Å²) in [6, 6.07) is 14.0. The molecular weight excluding hydrogens is 434 g/mol. The number of nitro benzene ring substituents is 1. The van der Waals surface area contributed by atoms with E-state index in [9.17, 15) is 23.3 Å². The summed E-state index contributed by atoms with van der Waals surface area (Å²) in [6.07, 6.45) is 2.44. The van der Waals surface area contributed by atoms with Crippen molar-refractivity contribution in [1.29, 1.82) is 0 Å². The van der Waals surface area contributed by atoms with E-state index >= 15 is 0 Å². The number of nitrogens with one attached hydrogen (secondary N) is 1. The Hall–Kier alpha value is -2.98. The second kappa shape index (κ2) is 9.66. The topological polar surface area (TPSA) is 119 Å². The molecule has 1 heterocycles. The van der Waals surface area contributed by atoms with Gasteiger partial charge in [0.05, 0.1) is 22.4 Å². The Kier molecular flexibility index (Phi) is 7.15. The molecule has 1 fully saturated rings. The summed E-state index contributed by atoms with van der Waals surface area (Å²) in [7, 11) is -3.86. The molecule has 0 atom stereocenters. The maximum atomic E-state index is 12.8. The van der Waals surface area contributed by atoms with Crippen LogP contribution in [0.3, 0.4) is 0 Å². The van der Waals surface area contributed by atoms with Gasteiger partial charge in [-0.25, -0.2) is 8.42 Å². The molecule has 3 rings (SSSR count). The molecule has 1 aliphatic heterocycles. The standard InChI is InChI=1S/C22H27N3O6S/c1-17-19(9-6-10-20(17)25(27)28)24(32(2,29)30)15-21(26)23-16-22(11-13-31-14-12-22)18-7-4-3-5-8-18/h3-10H,11-16H2,1-2H3,(H,23,26). The van der Waals surface area contributed by atoms with Crippen LogP contribution >= 0.6 is 0 Å².